The summed E-state index contributed by atoms with van der Waals surface area (Å²) >= 11 is 3.52. The normalized spacial score (nSPS) is 16.6. The van der Waals surface area contributed by atoms with Crippen LogP contribution in [0.2, 0.25) is 0 Å². The topological polar surface area (TPSA) is 42.3 Å². The van der Waals surface area contributed by atoms with E-state index in [-0.39, 0.29) is 5.75 Å². The second kappa shape index (κ2) is 8.39. The van der Waals surface area contributed by atoms with Gasteiger partial charge in [-0.05, 0) is 55.0 Å². The van der Waals surface area contributed by atoms with Gasteiger partial charge in [-0.25, -0.2) is 12.7 Å². The smallest absolute Gasteiger partial charge is 0.214 e. The number of sulfonamides is 1. The lowest BCUT2D eigenvalue weighted by molar-refractivity contribution is 0.255. The molecule has 0 radical (unpaired) electrons. The van der Waals surface area contributed by atoms with Gasteiger partial charge >= 0.3 is 0 Å². The molecule has 4 rings (SSSR count). The molecule has 4 nitrogen and oxygen atoms in total. The Labute approximate surface area is 175 Å². The molecule has 1 aliphatic rings. The molecule has 0 atom stereocenters. The maximum absolute atomic E-state index is 12.7. The van der Waals surface area contributed by atoms with Crippen LogP contribution in [-0.2, 0) is 23.0 Å². The van der Waals surface area contributed by atoms with Crippen LogP contribution in [0, 0.1) is 5.92 Å². The lowest BCUT2D eigenvalue weighted by Gasteiger charge is -2.31. The fourth-order valence-corrected chi connectivity index (χ4v) is 5.90. The third kappa shape index (κ3) is 4.50. The van der Waals surface area contributed by atoms with Crippen LogP contribution < -0.4 is 0 Å². The van der Waals surface area contributed by atoms with E-state index in [4.69, 9.17) is 0 Å². The largest absolute Gasteiger partial charge is 0.347 e. The first-order valence-electron chi connectivity index (χ1n) is 9.77. The summed E-state index contributed by atoms with van der Waals surface area (Å²) in [7, 11) is -3.19. The molecule has 3 aromatic rings. The minimum Gasteiger partial charge on any atom is -0.347 e. The third-order valence-electron chi connectivity index (χ3n) is 5.65. The Balaban J connectivity index is 1.33. The molecule has 0 N–H and O–H groups in total. The van der Waals surface area contributed by atoms with Crippen LogP contribution >= 0.6 is 15.9 Å². The van der Waals surface area contributed by atoms with Crippen molar-refractivity contribution in [2.75, 3.05) is 18.8 Å². The predicted octanol–water partition coefficient (Wildman–Crippen LogP) is 4.69. The van der Waals surface area contributed by atoms with Gasteiger partial charge < -0.3 is 4.57 Å². The Hall–Kier alpha value is -1.63. The lowest BCUT2D eigenvalue weighted by Crippen LogP contribution is -2.40. The van der Waals surface area contributed by atoms with Crippen LogP contribution in [-0.4, -0.2) is 36.1 Å². The van der Waals surface area contributed by atoms with Crippen molar-refractivity contribution < 1.29 is 8.42 Å². The van der Waals surface area contributed by atoms with Gasteiger partial charge in [0.25, 0.3) is 0 Å². The van der Waals surface area contributed by atoms with Crippen molar-refractivity contribution in [1.29, 1.82) is 0 Å². The van der Waals surface area contributed by atoms with Gasteiger partial charge in [-0.2, -0.15) is 0 Å². The third-order valence-corrected chi connectivity index (χ3v) is 8.01. The second-order valence-electron chi connectivity index (χ2n) is 7.57. The Morgan fingerprint density at radius 2 is 1.75 bits per heavy atom. The van der Waals surface area contributed by atoms with Crippen LogP contribution in [0.15, 0.2) is 65.3 Å². The lowest BCUT2D eigenvalue weighted by atomic mass is 9.98. The van der Waals surface area contributed by atoms with Gasteiger partial charge in [-0.1, -0.05) is 46.3 Å². The van der Waals surface area contributed by atoms with Gasteiger partial charge in [0.15, 0.2) is 0 Å². The highest BCUT2D eigenvalue weighted by Gasteiger charge is 2.28. The highest BCUT2D eigenvalue weighted by Crippen LogP contribution is 2.26. The van der Waals surface area contributed by atoms with Crippen molar-refractivity contribution in [2.24, 2.45) is 5.92 Å². The molecule has 0 unspecified atom stereocenters. The maximum atomic E-state index is 12.7. The van der Waals surface area contributed by atoms with E-state index in [1.807, 2.05) is 30.3 Å². The maximum Gasteiger partial charge on any atom is 0.214 e. The number of benzene rings is 2. The zero-order valence-corrected chi connectivity index (χ0v) is 18.2. The highest BCUT2D eigenvalue weighted by atomic mass is 79.9. The number of piperidine rings is 1. The fourth-order valence-electron chi connectivity index (χ4n) is 4.00. The highest BCUT2D eigenvalue weighted by molar-refractivity contribution is 9.10. The van der Waals surface area contributed by atoms with E-state index in [1.54, 1.807) is 4.31 Å². The van der Waals surface area contributed by atoms with Crippen LogP contribution in [0.3, 0.4) is 0 Å². The molecule has 0 amide bonds. The first kappa shape index (κ1) is 19.7. The SMILES string of the molecule is O=S(=O)(CCc1ccccc1)N1CCC(Cn2ccc3cc(Br)ccc32)CC1. The molecule has 148 valence electrons. The molecule has 1 saturated heterocycles. The van der Waals surface area contributed by atoms with Crippen molar-refractivity contribution in [3.8, 4) is 0 Å². The van der Waals surface area contributed by atoms with Gasteiger partial charge in [0.1, 0.15) is 0 Å². The summed E-state index contributed by atoms with van der Waals surface area (Å²) in [6.45, 7) is 2.21. The van der Waals surface area contributed by atoms with E-state index in [0.717, 1.165) is 29.4 Å². The number of fused-ring (bicyclic) bond motifs is 1. The Kier molecular flexibility index (Phi) is 5.90. The molecular weight excluding hydrogens is 436 g/mol. The van der Waals surface area contributed by atoms with Gasteiger partial charge in [0.2, 0.25) is 10.0 Å². The quantitative estimate of drug-likeness (QED) is 0.535. The molecule has 2 aromatic carbocycles. The Morgan fingerprint density at radius 1 is 1.00 bits per heavy atom. The minimum absolute atomic E-state index is 0.193. The summed E-state index contributed by atoms with van der Waals surface area (Å²) < 4.78 is 30.5. The van der Waals surface area contributed by atoms with Crippen LogP contribution in [0.5, 0.6) is 0 Å². The van der Waals surface area contributed by atoms with Crippen molar-refractivity contribution >= 4 is 36.9 Å². The van der Waals surface area contributed by atoms with Crippen LogP contribution in [0.4, 0.5) is 0 Å². The average Bonchev–Trinajstić information content (AvgIpc) is 3.09. The summed E-state index contributed by atoms with van der Waals surface area (Å²) in [5.74, 6) is 0.707. The van der Waals surface area contributed by atoms with E-state index in [1.165, 1.54) is 10.9 Å². The molecule has 2 heterocycles. The molecule has 1 aromatic heterocycles. The van der Waals surface area contributed by atoms with Gasteiger partial charge in [0.05, 0.1) is 5.75 Å². The number of nitrogens with zero attached hydrogens (tertiary/aromatic N) is 2. The first-order valence-corrected chi connectivity index (χ1v) is 12.2. The summed E-state index contributed by atoms with van der Waals surface area (Å²) in [6.07, 6.45) is 4.55. The number of aromatic nitrogens is 1. The minimum atomic E-state index is -3.19. The summed E-state index contributed by atoms with van der Waals surface area (Å²) in [5.41, 5.74) is 2.31. The molecule has 6 heteroatoms. The fraction of sp³-hybridized carbons (Fsp3) is 0.364. The van der Waals surface area contributed by atoms with Crippen molar-refractivity contribution in [3.05, 3.63) is 70.8 Å². The van der Waals surface area contributed by atoms with Crippen molar-refractivity contribution in [3.63, 3.8) is 0 Å². The zero-order valence-electron chi connectivity index (χ0n) is 15.8. The van der Waals surface area contributed by atoms with Gasteiger partial charge in [0, 0.05) is 41.2 Å². The molecule has 0 bridgehead atoms. The van der Waals surface area contributed by atoms with Crippen molar-refractivity contribution in [2.45, 2.75) is 25.8 Å². The van der Waals surface area contributed by atoms with Gasteiger partial charge in [-0.3, -0.25) is 0 Å². The van der Waals surface area contributed by atoms with E-state index in [9.17, 15) is 8.42 Å². The summed E-state index contributed by atoms with van der Waals surface area (Å²) in [5, 5.41) is 1.23. The molecule has 0 saturated carbocycles. The average molecular weight is 461 g/mol. The number of hydrogen-bond donors (Lipinski definition) is 0. The van der Waals surface area contributed by atoms with Crippen LogP contribution in [0.25, 0.3) is 10.9 Å². The molecule has 0 spiro atoms. The van der Waals surface area contributed by atoms with Crippen LogP contribution in [0.1, 0.15) is 18.4 Å². The molecule has 28 heavy (non-hydrogen) atoms. The monoisotopic (exact) mass is 460 g/mol. The van der Waals surface area contributed by atoms with E-state index in [2.05, 4.69) is 51.0 Å². The van der Waals surface area contributed by atoms with E-state index >= 15 is 0 Å². The second-order valence-corrected chi connectivity index (χ2v) is 10.6. The first-order chi connectivity index (χ1) is 13.5. The molecule has 0 aliphatic carbocycles. The Bertz CT molecular complexity index is 1040. The van der Waals surface area contributed by atoms with E-state index < -0.39 is 10.0 Å². The standard InChI is InChI=1S/C22H25BrN2O2S/c23-21-6-7-22-20(16-21)10-12-24(22)17-19-8-13-25(14-9-19)28(26,27)15-11-18-4-2-1-3-5-18/h1-7,10,12,16,19H,8-9,11,13-15,17H2. The zero-order chi connectivity index (χ0) is 19.6. The summed E-state index contributed by atoms with van der Waals surface area (Å²) in [4.78, 5) is 0. The van der Waals surface area contributed by atoms with Gasteiger partial charge in [-0.15, -0.1) is 0 Å². The molecular formula is C22H25BrN2O2S. The number of rotatable bonds is 6. The molecule has 1 fully saturated rings. The predicted molar refractivity (Wildman–Crippen MR) is 118 cm³/mol. The van der Waals surface area contributed by atoms with E-state index in [0.29, 0.717) is 25.4 Å². The number of halogens is 1. The number of hydrogen-bond acceptors (Lipinski definition) is 2. The van der Waals surface area contributed by atoms with Crippen molar-refractivity contribution in [1.82, 2.24) is 8.87 Å². The molecule has 1 aliphatic heterocycles. The summed E-state index contributed by atoms with van der Waals surface area (Å²) in [6, 6.07) is 18.3. The Morgan fingerprint density at radius 3 is 2.50 bits per heavy atom. The number of aryl methyl sites for hydroxylation is 1.